The van der Waals surface area contributed by atoms with Gasteiger partial charge in [0.2, 0.25) is 15.9 Å². The predicted octanol–water partition coefficient (Wildman–Crippen LogP) is 1.18. The fourth-order valence-corrected chi connectivity index (χ4v) is 5.25. The summed E-state index contributed by atoms with van der Waals surface area (Å²) in [5.41, 5.74) is 5.75. The molecule has 1 amide bonds. The summed E-state index contributed by atoms with van der Waals surface area (Å²) in [6, 6.07) is 4.87. The van der Waals surface area contributed by atoms with Crippen molar-refractivity contribution in [2.75, 3.05) is 26.2 Å². The highest BCUT2D eigenvalue weighted by molar-refractivity contribution is 7.89. The molecule has 25 heavy (non-hydrogen) atoms. The van der Waals surface area contributed by atoms with Gasteiger partial charge in [0.05, 0.1) is 10.8 Å². The molecule has 2 fully saturated rings. The van der Waals surface area contributed by atoms with Crippen molar-refractivity contribution < 1.29 is 17.6 Å². The van der Waals surface area contributed by atoms with Crippen LogP contribution >= 0.6 is 0 Å². The maximum absolute atomic E-state index is 13.1. The van der Waals surface area contributed by atoms with Crippen molar-refractivity contribution in [3.05, 3.63) is 30.1 Å². The standard InChI is InChI=1S/C17H24FN3O3S/c18-14-5-7-16(8-6-14)25(23,24)20-9-1-3-13(12-20)17(22)21-10-2-4-15(21)11-19/h5-8,13,15H,1-4,9-12,19H2. The third-order valence-corrected chi connectivity index (χ3v) is 7.00. The monoisotopic (exact) mass is 369 g/mol. The topological polar surface area (TPSA) is 83.7 Å². The van der Waals surface area contributed by atoms with Crippen molar-refractivity contribution in [1.82, 2.24) is 9.21 Å². The molecule has 3 rings (SSSR count). The van der Waals surface area contributed by atoms with Crippen LogP contribution in [0.25, 0.3) is 0 Å². The third-order valence-electron chi connectivity index (χ3n) is 5.12. The molecule has 0 bridgehead atoms. The maximum Gasteiger partial charge on any atom is 0.243 e. The molecule has 8 heteroatoms. The van der Waals surface area contributed by atoms with Gasteiger partial charge >= 0.3 is 0 Å². The second-order valence-corrected chi connectivity index (χ2v) is 8.66. The van der Waals surface area contributed by atoms with Crippen molar-refractivity contribution >= 4 is 15.9 Å². The largest absolute Gasteiger partial charge is 0.338 e. The summed E-state index contributed by atoms with van der Waals surface area (Å²) >= 11 is 0. The first kappa shape index (κ1) is 18.3. The van der Waals surface area contributed by atoms with Crippen LogP contribution in [0.4, 0.5) is 4.39 Å². The van der Waals surface area contributed by atoms with Gasteiger partial charge in [0.15, 0.2) is 0 Å². The molecule has 2 heterocycles. The third kappa shape index (κ3) is 3.70. The van der Waals surface area contributed by atoms with E-state index in [4.69, 9.17) is 5.73 Å². The van der Waals surface area contributed by atoms with Crippen LogP contribution in [0.3, 0.4) is 0 Å². The summed E-state index contributed by atoms with van der Waals surface area (Å²) in [7, 11) is -3.72. The van der Waals surface area contributed by atoms with E-state index >= 15 is 0 Å². The summed E-state index contributed by atoms with van der Waals surface area (Å²) in [4.78, 5) is 14.7. The summed E-state index contributed by atoms with van der Waals surface area (Å²) in [5.74, 6) is -0.810. The lowest BCUT2D eigenvalue weighted by atomic mass is 9.97. The van der Waals surface area contributed by atoms with Gasteiger partial charge in [-0.25, -0.2) is 12.8 Å². The van der Waals surface area contributed by atoms with Crippen molar-refractivity contribution in [2.24, 2.45) is 11.7 Å². The zero-order chi connectivity index (χ0) is 18.0. The lowest BCUT2D eigenvalue weighted by Crippen LogP contribution is -2.49. The Balaban J connectivity index is 1.74. The average Bonchev–Trinajstić information content (AvgIpc) is 3.10. The fraction of sp³-hybridized carbons (Fsp3) is 0.588. The van der Waals surface area contributed by atoms with Crippen LogP contribution in [0, 0.1) is 11.7 Å². The van der Waals surface area contributed by atoms with E-state index in [2.05, 4.69) is 0 Å². The number of likely N-dealkylation sites (tertiary alicyclic amines) is 1. The predicted molar refractivity (Wildman–Crippen MR) is 91.7 cm³/mol. The number of sulfonamides is 1. The summed E-state index contributed by atoms with van der Waals surface area (Å²) in [6.45, 7) is 1.69. The Labute approximate surface area is 147 Å². The highest BCUT2D eigenvalue weighted by Crippen LogP contribution is 2.27. The molecule has 1 aromatic rings. The molecule has 1 aromatic carbocycles. The molecule has 2 N–H and O–H groups in total. The number of hydrogen-bond acceptors (Lipinski definition) is 4. The van der Waals surface area contributed by atoms with Crippen molar-refractivity contribution in [1.29, 1.82) is 0 Å². The Hall–Kier alpha value is -1.51. The summed E-state index contributed by atoms with van der Waals surface area (Å²) in [6.07, 6.45) is 3.17. The summed E-state index contributed by atoms with van der Waals surface area (Å²) < 4.78 is 39.9. The minimum atomic E-state index is -3.72. The Kier molecular flexibility index (Phi) is 5.41. The van der Waals surface area contributed by atoms with E-state index < -0.39 is 15.8 Å². The van der Waals surface area contributed by atoms with Crippen LogP contribution in [0.1, 0.15) is 25.7 Å². The molecular formula is C17H24FN3O3S. The first-order valence-electron chi connectivity index (χ1n) is 8.69. The normalized spacial score (nSPS) is 25.3. The highest BCUT2D eigenvalue weighted by atomic mass is 32.2. The van der Waals surface area contributed by atoms with E-state index in [-0.39, 0.29) is 29.3 Å². The molecule has 0 radical (unpaired) electrons. The van der Waals surface area contributed by atoms with Crippen molar-refractivity contribution in [3.8, 4) is 0 Å². The van der Waals surface area contributed by atoms with Crippen LogP contribution < -0.4 is 5.73 Å². The number of carbonyl (C=O) groups is 1. The van der Waals surface area contributed by atoms with Gasteiger partial charge in [0, 0.05) is 32.2 Å². The van der Waals surface area contributed by atoms with Crippen LogP contribution in [0.15, 0.2) is 29.2 Å². The molecule has 2 saturated heterocycles. The van der Waals surface area contributed by atoms with Crippen LogP contribution in [0.2, 0.25) is 0 Å². The molecule has 0 spiro atoms. The Morgan fingerprint density at radius 1 is 1.16 bits per heavy atom. The van der Waals surface area contributed by atoms with Gasteiger partial charge in [-0.1, -0.05) is 0 Å². The molecule has 2 aliphatic heterocycles. The Morgan fingerprint density at radius 2 is 1.84 bits per heavy atom. The van der Waals surface area contributed by atoms with E-state index in [0.29, 0.717) is 32.5 Å². The number of nitrogens with zero attached hydrogens (tertiary/aromatic N) is 2. The number of amides is 1. The minimum absolute atomic E-state index is 0.00644. The van der Waals surface area contributed by atoms with Gasteiger partial charge in [-0.15, -0.1) is 0 Å². The number of benzene rings is 1. The molecule has 2 atom stereocenters. The lowest BCUT2D eigenvalue weighted by Gasteiger charge is -2.34. The van der Waals surface area contributed by atoms with Crippen LogP contribution in [-0.4, -0.2) is 55.8 Å². The molecule has 0 aromatic heterocycles. The first-order chi connectivity index (χ1) is 11.9. The quantitative estimate of drug-likeness (QED) is 0.864. The number of hydrogen-bond donors (Lipinski definition) is 1. The minimum Gasteiger partial charge on any atom is -0.338 e. The molecule has 0 saturated carbocycles. The Bertz CT molecular complexity index is 723. The van der Waals surface area contributed by atoms with Crippen molar-refractivity contribution in [2.45, 2.75) is 36.6 Å². The molecule has 0 aliphatic carbocycles. The van der Waals surface area contributed by atoms with E-state index in [9.17, 15) is 17.6 Å². The smallest absolute Gasteiger partial charge is 0.243 e. The van der Waals surface area contributed by atoms with Crippen molar-refractivity contribution in [3.63, 3.8) is 0 Å². The number of carbonyl (C=O) groups excluding carboxylic acids is 1. The Morgan fingerprint density at radius 3 is 2.52 bits per heavy atom. The molecular weight excluding hydrogens is 345 g/mol. The summed E-state index contributed by atoms with van der Waals surface area (Å²) in [5, 5.41) is 0. The highest BCUT2D eigenvalue weighted by Gasteiger charge is 2.37. The van der Waals surface area contributed by atoms with E-state index in [0.717, 1.165) is 25.0 Å². The second kappa shape index (κ2) is 7.39. The molecule has 2 unspecified atom stereocenters. The van der Waals surface area contributed by atoms with Gasteiger partial charge in [0.25, 0.3) is 0 Å². The number of nitrogens with two attached hydrogens (primary N) is 1. The van der Waals surface area contributed by atoms with Gasteiger partial charge < -0.3 is 10.6 Å². The van der Waals surface area contributed by atoms with E-state index in [1.54, 1.807) is 0 Å². The van der Waals surface area contributed by atoms with Gasteiger partial charge in [0.1, 0.15) is 5.82 Å². The van der Waals surface area contributed by atoms with Gasteiger partial charge in [-0.2, -0.15) is 4.31 Å². The molecule has 2 aliphatic rings. The lowest BCUT2D eigenvalue weighted by molar-refractivity contribution is -0.137. The maximum atomic E-state index is 13.1. The fourth-order valence-electron chi connectivity index (χ4n) is 3.72. The van der Waals surface area contributed by atoms with Crippen LogP contribution in [-0.2, 0) is 14.8 Å². The number of piperidine rings is 1. The van der Waals surface area contributed by atoms with Gasteiger partial charge in [-0.05, 0) is 49.9 Å². The second-order valence-electron chi connectivity index (χ2n) is 6.72. The number of halogens is 1. The first-order valence-corrected chi connectivity index (χ1v) is 10.1. The van der Waals surface area contributed by atoms with Gasteiger partial charge in [-0.3, -0.25) is 4.79 Å². The van der Waals surface area contributed by atoms with E-state index in [1.807, 2.05) is 4.90 Å². The average molecular weight is 369 g/mol. The zero-order valence-corrected chi connectivity index (χ0v) is 14.9. The van der Waals surface area contributed by atoms with Crippen LogP contribution in [0.5, 0.6) is 0 Å². The number of rotatable bonds is 4. The SMILES string of the molecule is NCC1CCCN1C(=O)C1CCCN(S(=O)(=O)c2ccc(F)cc2)C1. The van der Waals surface area contributed by atoms with E-state index in [1.165, 1.54) is 16.4 Å². The zero-order valence-electron chi connectivity index (χ0n) is 14.1. The molecule has 138 valence electrons. The molecule has 6 nitrogen and oxygen atoms in total.